The third-order valence-electron chi connectivity index (χ3n) is 6.23. The predicted octanol–water partition coefficient (Wildman–Crippen LogP) is 3.32. The van der Waals surface area contributed by atoms with Gasteiger partial charge in [-0.1, -0.05) is 6.07 Å². The average Bonchev–Trinajstić information content (AvgIpc) is 2.56. The number of carbonyl (C=O) groups is 1. The fourth-order valence-corrected chi connectivity index (χ4v) is 5.43. The molecule has 1 aromatic rings. The lowest BCUT2D eigenvalue weighted by Crippen LogP contribution is -2.56. The van der Waals surface area contributed by atoms with Gasteiger partial charge in [0.2, 0.25) is 0 Å². The van der Waals surface area contributed by atoms with Crippen LogP contribution in [0.2, 0.25) is 0 Å². The van der Waals surface area contributed by atoms with Crippen LogP contribution in [-0.4, -0.2) is 25.7 Å². The molecular formula is C20H27NO3. The molecule has 4 bridgehead atoms. The Morgan fingerprint density at radius 2 is 1.75 bits per heavy atom. The lowest BCUT2D eigenvalue weighted by Gasteiger charge is -2.54. The highest BCUT2D eigenvalue weighted by Gasteiger charge is 2.48. The number of hydrogen-bond donors (Lipinski definition) is 1. The van der Waals surface area contributed by atoms with Gasteiger partial charge in [0, 0.05) is 6.04 Å². The molecule has 0 aromatic heterocycles. The Morgan fingerprint density at radius 1 is 1.08 bits per heavy atom. The number of benzene rings is 1. The highest BCUT2D eigenvalue weighted by molar-refractivity contribution is 5.78. The van der Waals surface area contributed by atoms with Gasteiger partial charge in [-0.2, -0.15) is 0 Å². The van der Waals surface area contributed by atoms with Crippen molar-refractivity contribution in [1.82, 2.24) is 5.32 Å². The van der Waals surface area contributed by atoms with E-state index in [1.165, 1.54) is 32.1 Å². The summed E-state index contributed by atoms with van der Waals surface area (Å²) in [6.45, 7) is 2.06. The third kappa shape index (κ3) is 2.99. The fourth-order valence-electron chi connectivity index (χ4n) is 5.43. The van der Waals surface area contributed by atoms with Crippen LogP contribution in [0.15, 0.2) is 18.2 Å². The van der Waals surface area contributed by atoms with Gasteiger partial charge in [-0.3, -0.25) is 4.79 Å². The van der Waals surface area contributed by atoms with Gasteiger partial charge in [-0.25, -0.2) is 0 Å². The minimum atomic E-state index is -0.00454. The van der Waals surface area contributed by atoms with Crippen LogP contribution in [0.5, 0.6) is 11.5 Å². The van der Waals surface area contributed by atoms with Gasteiger partial charge in [0.1, 0.15) is 0 Å². The zero-order valence-corrected chi connectivity index (χ0v) is 14.6. The van der Waals surface area contributed by atoms with Gasteiger partial charge in [0.25, 0.3) is 5.91 Å². The molecule has 0 radical (unpaired) electrons. The molecular weight excluding hydrogens is 302 g/mol. The summed E-state index contributed by atoms with van der Waals surface area (Å²) >= 11 is 0. The van der Waals surface area contributed by atoms with Gasteiger partial charge < -0.3 is 14.8 Å². The van der Waals surface area contributed by atoms with Crippen molar-refractivity contribution in [2.24, 2.45) is 23.7 Å². The predicted molar refractivity (Wildman–Crippen MR) is 92.2 cm³/mol. The van der Waals surface area contributed by atoms with Gasteiger partial charge in [0.15, 0.2) is 18.1 Å². The molecule has 0 aliphatic heterocycles. The van der Waals surface area contributed by atoms with Gasteiger partial charge in [0.05, 0.1) is 7.11 Å². The summed E-state index contributed by atoms with van der Waals surface area (Å²) < 4.78 is 11.0. The van der Waals surface area contributed by atoms with Crippen molar-refractivity contribution in [3.05, 3.63) is 23.8 Å². The van der Waals surface area contributed by atoms with Crippen LogP contribution in [0, 0.1) is 30.6 Å². The molecule has 4 aliphatic rings. The Hall–Kier alpha value is -1.71. The molecule has 5 rings (SSSR count). The van der Waals surface area contributed by atoms with E-state index < -0.39 is 0 Å². The second-order valence-electron chi connectivity index (χ2n) is 7.97. The first-order valence-electron chi connectivity index (χ1n) is 9.19. The molecule has 0 atom stereocenters. The lowest BCUT2D eigenvalue weighted by atomic mass is 9.54. The fraction of sp³-hybridized carbons (Fsp3) is 0.650. The molecule has 130 valence electrons. The molecule has 4 fully saturated rings. The van der Waals surface area contributed by atoms with E-state index in [-0.39, 0.29) is 12.5 Å². The summed E-state index contributed by atoms with van der Waals surface area (Å²) in [7, 11) is 1.62. The normalized spacial score (nSPS) is 33.3. The lowest BCUT2D eigenvalue weighted by molar-refractivity contribution is -0.127. The summed E-state index contributed by atoms with van der Waals surface area (Å²) in [6.07, 6.45) is 6.67. The summed E-state index contributed by atoms with van der Waals surface area (Å²) in [5.74, 6) is 4.54. The first kappa shape index (κ1) is 15.8. The minimum Gasteiger partial charge on any atom is -0.493 e. The molecule has 4 heteroatoms. The Kier molecular flexibility index (Phi) is 4.15. The monoisotopic (exact) mass is 329 g/mol. The molecule has 0 heterocycles. The largest absolute Gasteiger partial charge is 0.493 e. The highest BCUT2D eigenvalue weighted by Crippen LogP contribution is 2.53. The van der Waals surface area contributed by atoms with Crippen LogP contribution in [0.25, 0.3) is 0 Å². The SMILES string of the molecule is COc1cc(C)ccc1OCC(=O)NC1C2CC3CC(C2)CC1C3. The minimum absolute atomic E-state index is 0.00454. The van der Waals surface area contributed by atoms with Crippen LogP contribution < -0.4 is 14.8 Å². The van der Waals surface area contributed by atoms with Crippen molar-refractivity contribution in [2.45, 2.75) is 45.1 Å². The molecule has 0 spiro atoms. The van der Waals surface area contributed by atoms with Gasteiger partial charge in [-0.15, -0.1) is 0 Å². The van der Waals surface area contributed by atoms with E-state index in [9.17, 15) is 4.79 Å². The van der Waals surface area contributed by atoms with Crippen LogP contribution in [0.3, 0.4) is 0 Å². The molecule has 1 N–H and O–H groups in total. The number of rotatable bonds is 5. The Balaban J connectivity index is 1.34. The Labute approximate surface area is 143 Å². The number of methoxy groups -OCH3 is 1. The third-order valence-corrected chi connectivity index (χ3v) is 6.23. The summed E-state index contributed by atoms with van der Waals surface area (Å²) in [6, 6.07) is 6.12. The number of amides is 1. The maximum absolute atomic E-state index is 12.4. The van der Waals surface area contributed by atoms with E-state index in [2.05, 4.69) is 5.32 Å². The van der Waals surface area contributed by atoms with E-state index in [4.69, 9.17) is 9.47 Å². The van der Waals surface area contributed by atoms with Crippen molar-refractivity contribution in [3.63, 3.8) is 0 Å². The number of ether oxygens (including phenoxy) is 2. The van der Waals surface area contributed by atoms with Crippen LogP contribution in [-0.2, 0) is 4.79 Å². The molecule has 0 saturated heterocycles. The summed E-state index contributed by atoms with van der Waals surface area (Å²) in [4.78, 5) is 12.4. The zero-order chi connectivity index (χ0) is 16.7. The quantitative estimate of drug-likeness (QED) is 0.901. The Morgan fingerprint density at radius 3 is 2.38 bits per heavy atom. The molecule has 4 aliphatic carbocycles. The van der Waals surface area contributed by atoms with Crippen molar-refractivity contribution < 1.29 is 14.3 Å². The van der Waals surface area contributed by atoms with Crippen molar-refractivity contribution in [3.8, 4) is 11.5 Å². The average molecular weight is 329 g/mol. The van der Waals surface area contributed by atoms with Crippen LogP contribution in [0.4, 0.5) is 0 Å². The summed E-state index contributed by atoms with van der Waals surface area (Å²) in [5, 5.41) is 3.28. The van der Waals surface area contributed by atoms with Crippen molar-refractivity contribution >= 4 is 5.91 Å². The van der Waals surface area contributed by atoms with Crippen LogP contribution >= 0.6 is 0 Å². The van der Waals surface area contributed by atoms with Crippen molar-refractivity contribution in [1.29, 1.82) is 0 Å². The van der Waals surface area contributed by atoms with E-state index in [1.807, 2.05) is 25.1 Å². The summed E-state index contributed by atoms with van der Waals surface area (Å²) in [5.41, 5.74) is 1.11. The second-order valence-corrected chi connectivity index (χ2v) is 7.97. The molecule has 24 heavy (non-hydrogen) atoms. The molecule has 4 nitrogen and oxygen atoms in total. The molecule has 1 amide bonds. The second kappa shape index (κ2) is 6.30. The Bertz CT molecular complexity index is 599. The molecule has 0 unspecified atom stereocenters. The topological polar surface area (TPSA) is 47.6 Å². The van der Waals surface area contributed by atoms with Crippen molar-refractivity contribution in [2.75, 3.05) is 13.7 Å². The number of aryl methyl sites for hydroxylation is 1. The maximum atomic E-state index is 12.4. The molecule has 4 saturated carbocycles. The van der Waals surface area contributed by atoms with E-state index in [0.717, 1.165) is 17.4 Å². The number of carbonyl (C=O) groups excluding carboxylic acids is 1. The molecule has 1 aromatic carbocycles. The highest BCUT2D eigenvalue weighted by atomic mass is 16.5. The van der Waals surface area contributed by atoms with Crippen LogP contribution in [0.1, 0.15) is 37.7 Å². The zero-order valence-electron chi connectivity index (χ0n) is 14.6. The van der Waals surface area contributed by atoms with Gasteiger partial charge >= 0.3 is 0 Å². The van der Waals surface area contributed by atoms with E-state index in [0.29, 0.717) is 29.4 Å². The smallest absolute Gasteiger partial charge is 0.258 e. The van der Waals surface area contributed by atoms with E-state index >= 15 is 0 Å². The number of hydrogen-bond acceptors (Lipinski definition) is 3. The standard InChI is InChI=1S/C20H27NO3/c1-12-3-4-17(18(5-12)23-2)24-11-19(22)21-20-15-7-13-6-14(9-15)10-16(20)8-13/h3-5,13-16,20H,6-11H2,1-2H3,(H,21,22). The first-order valence-corrected chi connectivity index (χ1v) is 9.19. The van der Waals surface area contributed by atoms with E-state index in [1.54, 1.807) is 7.11 Å². The first-order chi connectivity index (χ1) is 11.6. The van der Waals surface area contributed by atoms with Gasteiger partial charge in [-0.05, 0) is 80.4 Å². The maximum Gasteiger partial charge on any atom is 0.258 e. The number of nitrogens with one attached hydrogen (secondary N) is 1.